The van der Waals surface area contributed by atoms with Crippen molar-refractivity contribution in [1.82, 2.24) is 20.1 Å². The molecule has 1 atom stereocenters. The fraction of sp³-hybridized carbons (Fsp3) is 0.800. The van der Waals surface area contributed by atoms with Crippen LogP contribution in [-0.4, -0.2) is 53.9 Å². The van der Waals surface area contributed by atoms with Crippen LogP contribution in [0.15, 0.2) is 0 Å². The maximum absolute atomic E-state index is 12.9. The maximum atomic E-state index is 12.9. The van der Waals surface area contributed by atoms with Gasteiger partial charge in [0.25, 0.3) is 6.43 Å². The van der Waals surface area contributed by atoms with Crippen molar-refractivity contribution in [2.24, 2.45) is 0 Å². The average molecular weight is 258 g/mol. The molecule has 100 valence electrons. The monoisotopic (exact) mass is 258 g/mol. The Morgan fingerprint density at radius 2 is 2.00 bits per heavy atom. The maximum Gasteiger partial charge on any atom is 0.260 e. The van der Waals surface area contributed by atoms with Gasteiger partial charge >= 0.3 is 0 Å². The van der Waals surface area contributed by atoms with Crippen molar-refractivity contribution >= 4 is 11.9 Å². The highest BCUT2D eigenvalue weighted by molar-refractivity contribution is 5.39. The van der Waals surface area contributed by atoms with E-state index in [1.807, 2.05) is 4.90 Å². The van der Waals surface area contributed by atoms with E-state index in [0.29, 0.717) is 24.9 Å². The third kappa shape index (κ3) is 2.00. The number of alkyl halides is 2. The summed E-state index contributed by atoms with van der Waals surface area (Å²) in [5.41, 5.74) is 0. The summed E-state index contributed by atoms with van der Waals surface area (Å²) >= 11 is 0. The third-order valence-electron chi connectivity index (χ3n) is 3.35. The number of piperazine rings is 1. The molecule has 0 aliphatic carbocycles. The molecule has 18 heavy (non-hydrogen) atoms. The Kier molecular flexibility index (Phi) is 3.02. The first-order valence-electron chi connectivity index (χ1n) is 6.20. The van der Waals surface area contributed by atoms with E-state index in [9.17, 15) is 8.78 Å². The van der Waals surface area contributed by atoms with E-state index in [1.165, 1.54) is 4.68 Å². The van der Waals surface area contributed by atoms with Crippen molar-refractivity contribution in [3.8, 4) is 0 Å². The second kappa shape index (κ2) is 4.68. The average Bonchev–Trinajstić information content (AvgIpc) is 2.83. The zero-order chi connectivity index (χ0) is 12.5. The van der Waals surface area contributed by atoms with Gasteiger partial charge < -0.3 is 15.5 Å². The summed E-state index contributed by atoms with van der Waals surface area (Å²) in [6.07, 6.45) is -2.02. The van der Waals surface area contributed by atoms with E-state index in [1.54, 1.807) is 0 Å². The van der Waals surface area contributed by atoms with Gasteiger partial charge in [0.1, 0.15) is 6.04 Å². The highest BCUT2D eigenvalue weighted by Crippen LogP contribution is 2.28. The lowest BCUT2D eigenvalue weighted by molar-refractivity contribution is 0.0714. The van der Waals surface area contributed by atoms with Crippen LogP contribution in [0.1, 0.15) is 12.5 Å². The lowest BCUT2D eigenvalue weighted by atomic mass is 10.2. The predicted octanol–water partition coefficient (Wildman–Crippen LogP) is 0.309. The fourth-order valence-corrected chi connectivity index (χ4v) is 2.35. The largest absolute Gasteiger partial charge is 0.354 e. The quantitative estimate of drug-likeness (QED) is 0.799. The molecule has 0 radical (unpaired) electrons. The third-order valence-corrected chi connectivity index (χ3v) is 3.35. The van der Waals surface area contributed by atoms with Crippen molar-refractivity contribution in [2.75, 3.05) is 42.9 Å². The molecular weight excluding hydrogens is 242 g/mol. The fourth-order valence-electron chi connectivity index (χ4n) is 2.35. The predicted molar refractivity (Wildman–Crippen MR) is 63.3 cm³/mol. The number of anilines is 2. The van der Waals surface area contributed by atoms with E-state index in [4.69, 9.17) is 0 Å². The molecule has 2 N–H and O–H groups in total. The van der Waals surface area contributed by atoms with Gasteiger partial charge in [0.15, 0.2) is 0 Å². The molecule has 0 aromatic carbocycles. The van der Waals surface area contributed by atoms with E-state index in [2.05, 4.69) is 20.7 Å². The van der Waals surface area contributed by atoms with Gasteiger partial charge in [-0.3, -0.25) is 0 Å². The first-order valence-corrected chi connectivity index (χ1v) is 6.20. The molecule has 0 saturated carbocycles. The molecule has 6 nitrogen and oxygen atoms in total. The number of rotatable bonds is 2. The molecule has 0 amide bonds. The van der Waals surface area contributed by atoms with Crippen LogP contribution in [0.4, 0.5) is 20.7 Å². The molecule has 8 heteroatoms. The normalized spacial score (nSPS) is 23.9. The lowest BCUT2D eigenvalue weighted by Crippen LogP contribution is -2.44. The summed E-state index contributed by atoms with van der Waals surface area (Å²) in [5.74, 6) is 1.01. The van der Waals surface area contributed by atoms with Gasteiger partial charge in [-0.05, 0) is 6.42 Å². The van der Waals surface area contributed by atoms with Gasteiger partial charge in [-0.2, -0.15) is 4.98 Å². The van der Waals surface area contributed by atoms with Crippen LogP contribution in [0, 0.1) is 0 Å². The van der Waals surface area contributed by atoms with Crippen molar-refractivity contribution in [2.45, 2.75) is 18.9 Å². The molecule has 0 spiro atoms. The lowest BCUT2D eigenvalue weighted by Gasteiger charge is -2.26. The standard InChI is InChI=1S/C10H16F2N6/c11-8(12)7-1-2-14-9-15-10(16-18(7)9)17-5-3-13-4-6-17/h7-8,13H,1-6H2,(H,14,15,16). The Morgan fingerprint density at radius 1 is 1.22 bits per heavy atom. The second-order valence-corrected chi connectivity index (χ2v) is 4.53. The molecule has 1 saturated heterocycles. The Labute approximate surface area is 103 Å². The van der Waals surface area contributed by atoms with Crippen LogP contribution in [0.5, 0.6) is 0 Å². The van der Waals surface area contributed by atoms with Crippen LogP contribution >= 0.6 is 0 Å². The summed E-state index contributed by atoms with van der Waals surface area (Å²) in [6, 6.07) is -0.856. The number of hydrogen-bond acceptors (Lipinski definition) is 5. The number of nitrogens with zero attached hydrogens (tertiary/aromatic N) is 4. The summed E-state index contributed by atoms with van der Waals surface area (Å²) in [5, 5.41) is 10.5. The SMILES string of the molecule is FC(F)C1CCNc2nc(N3CCNCC3)nn21. The summed E-state index contributed by atoms with van der Waals surface area (Å²) in [7, 11) is 0. The minimum atomic E-state index is -2.40. The summed E-state index contributed by atoms with van der Waals surface area (Å²) in [4.78, 5) is 6.33. The first-order chi connectivity index (χ1) is 8.75. The molecule has 1 aromatic heterocycles. The van der Waals surface area contributed by atoms with Crippen LogP contribution in [-0.2, 0) is 0 Å². The van der Waals surface area contributed by atoms with Crippen molar-refractivity contribution in [1.29, 1.82) is 0 Å². The van der Waals surface area contributed by atoms with Crippen molar-refractivity contribution in [3.63, 3.8) is 0 Å². The Bertz CT molecular complexity index is 415. The molecule has 1 aromatic rings. The molecule has 0 bridgehead atoms. The number of hydrogen-bond donors (Lipinski definition) is 2. The van der Waals surface area contributed by atoms with E-state index < -0.39 is 12.5 Å². The van der Waals surface area contributed by atoms with Gasteiger partial charge in [-0.25, -0.2) is 13.5 Å². The molecule has 3 heterocycles. The Morgan fingerprint density at radius 3 is 2.72 bits per heavy atom. The Hall–Kier alpha value is -1.44. The topological polar surface area (TPSA) is 58.0 Å². The van der Waals surface area contributed by atoms with Gasteiger partial charge in [-0.1, -0.05) is 0 Å². The minimum Gasteiger partial charge on any atom is -0.354 e. The zero-order valence-electron chi connectivity index (χ0n) is 9.94. The highest BCUT2D eigenvalue weighted by atomic mass is 19.3. The zero-order valence-corrected chi connectivity index (χ0v) is 9.94. The van der Waals surface area contributed by atoms with Crippen LogP contribution in [0.25, 0.3) is 0 Å². The van der Waals surface area contributed by atoms with E-state index >= 15 is 0 Å². The van der Waals surface area contributed by atoms with Crippen molar-refractivity contribution < 1.29 is 8.78 Å². The van der Waals surface area contributed by atoms with Crippen LogP contribution in [0.2, 0.25) is 0 Å². The van der Waals surface area contributed by atoms with E-state index in [0.717, 1.165) is 26.2 Å². The number of nitrogens with one attached hydrogen (secondary N) is 2. The van der Waals surface area contributed by atoms with E-state index in [-0.39, 0.29) is 0 Å². The second-order valence-electron chi connectivity index (χ2n) is 4.53. The molecular formula is C10H16F2N6. The van der Waals surface area contributed by atoms with Crippen LogP contribution in [0.3, 0.4) is 0 Å². The molecule has 2 aliphatic rings. The number of halogens is 2. The summed E-state index contributed by atoms with van der Waals surface area (Å²) < 4.78 is 27.2. The van der Waals surface area contributed by atoms with Crippen molar-refractivity contribution in [3.05, 3.63) is 0 Å². The Balaban J connectivity index is 1.85. The highest BCUT2D eigenvalue weighted by Gasteiger charge is 2.31. The first kappa shape index (κ1) is 11.6. The smallest absolute Gasteiger partial charge is 0.260 e. The summed E-state index contributed by atoms with van der Waals surface area (Å²) in [6.45, 7) is 3.88. The van der Waals surface area contributed by atoms with Gasteiger partial charge in [0, 0.05) is 32.7 Å². The molecule has 3 rings (SSSR count). The number of fused-ring (bicyclic) bond motifs is 1. The van der Waals surface area contributed by atoms with Gasteiger partial charge in [-0.15, -0.1) is 5.10 Å². The number of aromatic nitrogens is 3. The molecule has 1 fully saturated rings. The molecule has 2 aliphatic heterocycles. The minimum absolute atomic E-state index is 0.384. The van der Waals surface area contributed by atoms with Gasteiger partial charge in [0.05, 0.1) is 0 Å². The molecule has 1 unspecified atom stereocenters. The van der Waals surface area contributed by atoms with Crippen LogP contribution < -0.4 is 15.5 Å². The van der Waals surface area contributed by atoms with Gasteiger partial charge in [0.2, 0.25) is 11.9 Å².